The Morgan fingerprint density at radius 3 is 1.76 bits per heavy atom. The lowest BCUT2D eigenvalue weighted by Crippen LogP contribution is -2.48. The van der Waals surface area contributed by atoms with Gasteiger partial charge in [-0.2, -0.15) is 0 Å². The summed E-state index contributed by atoms with van der Waals surface area (Å²) in [4.78, 5) is 41.0. The molecule has 0 aliphatic carbocycles. The highest BCUT2D eigenvalue weighted by molar-refractivity contribution is 6.22. The molecular formula is C29H21NO4. The van der Waals surface area contributed by atoms with Crippen molar-refractivity contribution in [2.24, 2.45) is 0 Å². The van der Waals surface area contributed by atoms with Crippen molar-refractivity contribution in [2.75, 3.05) is 0 Å². The van der Waals surface area contributed by atoms with Gasteiger partial charge in [0, 0.05) is 12.0 Å². The van der Waals surface area contributed by atoms with E-state index >= 15 is 0 Å². The lowest BCUT2D eigenvalue weighted by Gasteiger charge is -2.25. The van der Waals surface area contributed by atoms with Gasteiger partial charge >= 0.3 is 5.97 Å². The fraction of sp³-hybridized carbons (Fsp3) is 0.0690. The molecule has 0 N–H and O–H groups in total. The van der Waals surface area contributed by atoms with Crippen LogP contribution in [0.2, 0.25) is 0 Å². The minimum atomic E-state index is -1.11. The molecule has 0 saturated heterocycles. The zero-order valence-corrected chi connectivity index (χ0v) is 18.3. The minimum absolute atomic E-state index is 0.151. The normalized spacial score (nSPS) is 13.5. The second-order valence-corrected chi connectivity index (χ2v) is 8.01. The Hall–Kier alpha value is -4.51. The number of nitrogens with zero attached hydrogens (tertiary/aromatic N) is 1. The molecule has 0 aromatic heterocycles. The maximum Gasteiger partial charge on any atom is 0.335 e. The predicted octanol–water partition coefficient (Wildman–Crippen LogP) is 5.17. The molecule has 1 heterocycles. The van der Waals surface area contributed by atoms with E-state index < -0.39 is 23.8 Å². The summed E-state index contributed by atoms with van der Waals surface area (Å²) < 4.78 is 5.86. The van der Waals surface area contributed by atoms with E-state index in [0.29, 0.717) is 16.9 Å². The number of rotatable bonds is 6. The number of ether oxygens (including phenoxy) is 1. The second kappa shape index (κ2) is 9.16. The molecule has 5 heteroatoms. The molecule has 1 atom stereocenters. The molecule has 1 unspecified atom stereocenters. The van der Waals surface area contributed by atoms with Gasteiger partial charge in [-0.3, -0.25) is 14.5 Å². The van der Waals surface area contributed by atoms with E-state index in [0.717, 1.165) is 21.6 Å². The van der Waals surface area contributed by atoms with Gasteiger partial charge in [0.2, 0.25) is 0 Å². The van der Waals surface area contributed by atoms with E-state index in [-0.39, 0.29) is 6.42 Å². The SMILES string of the molecule is O=C(Oc1ccccc1-c1ccccc1)C(Cc1ccccc1)N1C(=O)c2ccccc2C1=O. The van der Waals surface area contributed by atoms with Crippen LogP contribution in [0.1, 0.15) is 26.3 Å². The minimum Gasteiger partial charge on any atom is -0.424 e. The Balaban J connectivity index is 1.51. The van der Waals surface area contributed by atoms with E-state index in [4.69, 9.17) is 4.74 Å². The van der Waals surface area contributed by atoms with Crippen LogP contribution in [0.15, 0.2) is 109 Å². The van der Waals surface area contributed by atoms with Crippen molar-refractivity contribution in [3.63, 3.8) is 0 Å². The van der Waals surface area contributed by atoms with Crippen LogP contribution in [0.25, 0.3) is 11.1 Å². The fourth-order valence-electron chi connectivity index (χ4n) is 4.20. The first-order valence-corrected chi connectivity index (χ1v) is 11.0. The van der Waals surface area contributed by atoms with E-state index in [1.54, 1.807) is 36.4 Å². The van der Waals surface area contributed by atoms with E-state index in [1.807, 2.05) is 72.8 Å². The summed E-state index contributed by atoms with van der Waals surface area (Å²) in [6.07, 6.45) is 0.151. The molecule has 4 aromatic carbocycles. The summed E-state index contributed by atoms with van der Waals surface area (Å²) in [5.74, 6) is -1.28. The lowest BCUT2D eigenvalue weighted by molar-refractivity contribution is -0.138. The van der Waals surface area contributed by atoms with Gasteiger partial charge in [0.05, 0.1) is 11.1 Å². The van der Waals surface area contributed by atoms with Crippen LogP contribution in [0.4, 0.5) is 0 Å². The highest BCUT2D eigenvalue weighted by atomic mass is 16.5. The third-order valence-electron chi connectivity index (χ3n) is 5.86. The molecule has 5 nitrogen and oxygen atoms in total. The van der Waals surface area contributed by atoms with Crippen LogP contribution >= 0.6 is 0 Å². The Morgan fingerprint density at radius 2 is 1.15 bits per heavy atom. The summed E-state index contributed by atoms with van der Waals surface area (Å²) in [5.41, 5.74) is 3.05. The number of benzene rings is 4. The molecule has 0 spiro atoms. The number of amides is 2. The molecule has 1 aliphatic rings. The van der Waals surface area contributed by atoms with Crippen molar-refractivity contribution in [1.82, 2.24) is 4.90 Å². The van der Waals surface area contributed by atoms with E-state index in [9.17, 15) is 14.4 Å². The molecular weight excluding hydrogens is 426 g/mol. The average molecular weight is 447 g/mol. The maximum absolute atomic E-state index is 13.6. The number of fused-ring (bicyclic) bond motifs is 1. The second-order valence-electron chi connectivity index (χ2n) is 8.01. The lowest BCUT2D eigenvalue weighted by atomic mass is 10.0. The molecule has 0 fully saturated rings. The van der Waals surface area contributed by atoms with E-state index in [1.165, 1.54) is 0 Å². The van der Waals surface area contributed by atoms with Gasteiger partial charge in [0.25, 0.3) is 11.8 Å². The summed E-state index contributed by atoms with van der Waals surface area (Å²) >= 11 is 0. The number of para-hydroxylation sites is 1. The van der Waals surface area contributed by atoms with Gasteiger partial charge in [0.1, 0.15) is 11.8 Å². The fourth-order valence-corrected chi connectivity index (χ4v) is 4.20. The third kappa shape index (κ3) is 3.99. The van der Waals surface area contributed by atoms with Crippen LogP contribution in [0, 0.1) is 0 Å². The first-order valence-electron chi connectivity index (χ1n) is 11.0. The molecule has 0 saturated carbocycles. The predicted molar refractivity (Wildman–Crippen MR) is 128 cm³/mol. The monoisotopic (exact) mass is 447 g/mol. The Kier molecular flexibility index (Phi) is 5.75. The molecule has 34 heavy (non-hydrogen) atoms. The van der Waals surface area contributed by atoms with E-state index in [2.05, 4.69) is 0 Å². The van der Waals surface area contributed by atoms with Gasteiger partial charge in [0.15, 0.2) is 0 Å². The topological polar surface area (TPSA) is 63.7 Å². The van der Waals surface area contributed by atoms with Gasteiger partial charge in [-0.25, -0.2) is 4.79 Å². The number of hydrogen-bond donors (Lipinski definition) is 0. The smallest absolute Gasteiger partial charge is 0.335 e. The summed E-state index contributed by atoms with van der Waals surface area (Å²) in [6.45, 7) is 0. The van der Waals surface area contributed by atoms with Crippen molar-refractivity contribution in [3.8, 4) is 16.9 Å². The van der Waals surface area contributed by atoms with Crippen LogP contribution in [-0.4, -0.2) is 28.7 Å². The number of imide groups is 1. The van der Waals surface area contributed by atoms with Crippen LogP contribution < -0.4 is 4.74 Å². The first kappa shape index (κ1) is 21.3. The molecule has 5 rings (SSSR count). The quantitative estimate of drug-likeness (QED) is 0.233. The van der Waals surface area contributed by atoms with Crippen molar-refractivity contribution < 1.29 is 19.1 Å². The molecule has 4 aromatic rings. The maximum atomic E-state index is 13.6. The third-order valence-corrected chi connectivity index (χ3v) is 5.86. The molecule has 1 aliphatic heterocycles. The Labute approximate surface area is 197 Å². The summed E-state index contributed by atoms with van der Waals surface area (Å²) in [5, 5.41) is 0. The zero-order chi connectivity index (χ0) is 23.5. The number of esters is 1. The van der Waals surface area contributed by atoms with Gasteiger partial charge in [-0.15, -0.1) is 0 Å². The Bertz CT molecular complexity index is 1330. The molecule has 0 radical (unpaired) electrons. The molecule has 0 bridgehead atoms. The summed E-state index contributed by atoms with van der Waals surface area (Å²) in [7, 11) is 0. The standard InChI is InChI=1S/C29H21NO4/c31-27-23-16-7-8-17-24(23)28(32)30(27)25(19-20-11-3-1-4-12-20)29(33)34-26-18-10-9-15-22(26)21-13-5-2-6-14-21/h1-18,25H,19H2. The van der Waals surface area contributed by atoms with Gasteiger partial charge in [-0.05, 0) is 29.3 Å². The first-order chi connectivity index (χ1) is 16.6. The number of hydrogen-bond acceptors (Lipinski definition) is 4. The van der Waals surface area contributed by atoms with Crippen molar-refractivity contribution in [2.45, 2.75) is 12.5 Å². The van der Waals surface area contributed by atoms with Crippen LogP contribution in [0.3, 0.4) is 0 Å². The highest BCUT2D eigenvalue weighted by Gasteiger charge is 2.43. The molecule has 166 valence electrons. The van der Waals surface area contributed by atoms with Crippen molar-refractivity contribution in [1.29, 1.82) is 0 Å². The highest BCUT2D eigenvalue weighted by Crippen LogP contribution is 2.31. The van der Waals surface area contributed by atoms with Gasteiger partial charge in [-0.1, -0.05) is 91.0 Å². The molecule has 2 amide bonds. The van der Waals surface area contributed by atoms with Crippen LogP contribution in [0.5, 0.6) is 5.75 Å². The summed E-state index contributed by atoms with van der Waals surface area (Å²) in [6, 6.07) is 31.6. The largest absolute Gasteiger partial charge is 0.424 e. The van der Waals surface area contributed by atoms with Crippen molar-refractivity contribution >= 4 is 17.8 Å². The average Bonchev–Trinajstić information content (AvgIpc) is 3.14. The Morgan fingerprint density at radius 1 is 0.647 bits per heavy atom. The number of carbonyl (C=O) groups excluding carboxylic acids is 3. The van der Waals surface area contributed by atoms with Crippen molar-refractivity contribution in [3.05, 3.63) is 126 Å². The number of carbonyl (C=O) groups is 3. The van der Waals surface area contributed by atoms with Crippen LogP contribution in [-0.2, 0) is 11.2 Å². The van der Waals surface area contributed by atoms with Gasteiger partial charge < -0.3 is 4.74 Å². The zero-order valence-electron chi connectivity index (χ0n) is 18.3.